The van der Waals surface area contributed by atoms with Crippen LogP contribution in [0.15, 0.2) is 30.3 Å². The lowest BCUT2D eigenvalue weighted by Gasteiger charge is -2.42. The van der Waals surface area contributed by atoms with Crippen molar-refractivity contribution in [3.63, 3.8) is 0 Å². The van der Waals surface area contributed by atoms with Gasteiger partial charge in [-0.25, -0.2) is 0 Å². The van der Waals surface area contributed by atoms with E-state index >= 15 is 0 Å². The predicted octanol–water partition coefficient (Wildman–Crippen LogP) is 3.84. The predicted molar refractivity (Wildman–Crippen MR) is 115 cm³/mol. The van der Waals surface area contributed by atoms with Gasteiger partial charge < -0.3 is 4.90 Å². The number of likely N-dealkylation sites (tertiary alicyclic amines) is 2. The summed E-state index contributed by atoms with van der Waals surface area (Å²) in [7, 11) is 0. The van der Waals surface area contributed by atoms with Crippen molar-refractivity contribution in [2.24, 2.45) is 5.92 Å². The molecular formula is C25H30N2O2. The molecule has 2 fully saturated rings. The van der Waals surface area contributed by atoms with Crippen LogP contribution in [-0.2, 0) is 17.6 Å². The molecule has 0 bridgehead atoms. The fraction of sp³-hybridized carbons (Fsp3) is 0.520. The van der Waals surface area contributed by atoms with Gasteiger partial charge in [0.2, 0.25) is 5.91 Å². The van der Waals surface area contributed by atoms with E-state index in [2.05, 4.69) is 35.2 Å². The molecule has 2 aromatic rings. The van der Waals surface area contributed by atoms with Gasteiger partial charge in [-0.2, -0.15) is 0 Å². The third-order valence-electron chi connectivity index (χ3n) is 7.39. The third kappa shape index (κ3) is 3.38. The van der Waals surface area contributed by atoms with Crippen LogP contribution < -0.4 is 0 Å². The highest BCUT2D eigenvalue weighted by atomic mass is 16.2. The maximum Gasteiger partial charge on any atom is 0.219 e. The number of nitrogens with zero attached hydrogens (tertiary/aromatic N) is 2. The molecule has 1 aliphatic carbocycles. The summed E-state index contributed by atoms with van der Waals surface area (Å²) in [5.74, 6) is 0.599. The smallest absolute Gasteiger partial charge is 0.219 e. The third-order valence-corrected chi connectivity index (χ3v) is 7.39. The SMILES string of the molecule is CC(=O)N1CCC(N2CCC[C@H](C(=O)c3ccc4c5c(cccc35)CC4)C2)CC1. The van der Waals surface area contributed by atoms with Gasteiger partial charge in [0.1, 0.15) is 0 Å². The van der Waals surface area contributed by atoms with Gasteiger partial charge in [-0.1, -0.05) is 30.3 Å². The molecule has 0 radical (unpaired) electrons. The first kappa shape index (κ1) is 18.8. The van der Waals surface area contributed by atoms with E-state index in [4.69, 9.17) is 0 Å². The molecule has 4 nitrogen and oxygen atoms in total. The second-order valence-electron chi connectivity index (χ2n) is 9.05. The minimum Gasteiger partial charge on any atom is -0.343 e. The van der Waals surface area contributed by atoms with Gasteiger partial charge in [0, 0.05) is 44.1 Å². The highest BCUT2D eigenvalue weighted by Crippen LogP contribution is 2.35. The number of aryl methyl sites for hydroxylation is 2. The summed E-state index contributed by atoms with van der Waals surface area (Å²) in [6.07, 6.45) is 6.33. The Labute approximate surface area is 172 Å². The topological polar surface area (TPSA) is 40.6 Å². The first-order valence-electron chi connectivity index (χ1n) is 11.2. The largest absolute Gasteiger partial charge is 0.343 e. The van der Waals surface area contributed by atoms with Crippen LogP contribution in [0.1, 0.15) is 54.1 Å². The minimum absolute atomic E-state index is 0.0908. The van der Waals surface area contributed by atoms with Crippen LogP contribution >= 0.6 is 0 Å². The van der Waals surface area contributed by atoms with E-state index in [9.17, 15) is 9.59 Å². The van der Waals surface area contributed by atoms with E-state index < -0.39 is 0 Å². The highest BCUT2D eigenvalue weighted by Gasteiger charge is 2.33. The Balaban J connectivity index is 1.34. The van der Waals surface area contributed by atoms with Gasteiger partial charge in [-0.15, -0.1) is 0 Å². The summed E-state index contributed by atoms with van der Waals surface area (Å²) in [4.78, 5) is 29.6. The number of Topliss-reactive ketones (excluding diaryl/α,β-unsaturated/α-hetero) is 1. The van der Waals surface area contributed by atoms with Gasteiger partial charge in [0.05, 0.1) is 0 Å². The van der Waals surface area contributed by atoms with Crippen LogP contribution in [-0.4, -0.2) is 53.7 Å². The number of benzene rings is 2. The molecule has 2 saturated heterocycles. The van der Waals surface area contributed by atoms with Crippen molar-refractivity contribution < 1.29 is 9.59 Å². The number of carbonyl (C=O) groups is 2. The number of hydrogen-bond acceptors (Lipinski definition) is 3. The molecule has 0 N–H and O–H groups in total. The summed E-state index contributed by atoms with van der Waals surface area (Å²) >= 11 is 0. The number of piperidine rings is 2. The van der Waals surface area contributed by atoms with Gasteiger partial charge in [-0.3, -0.25) is 14.5 Å². The maximum atomic E-state index is 13.5. The zero-order valence-electron chi connectivity index (χ0n) is 17.3. The molecule has 2 aromatic carbocycles. The molecule has 29 heavy (non-hydrogen) atoms. The fourth-order valence-corrected chi connectivity index (χ4v) is 5.78. The van der Waals surface area contributed by atoms with Crippen molar-refractivity contribution in [3.8, 4) is 0 Å². The lowest BCUT2D eigenvalue weighted by Crippen LogP contribution is -2.50. The Bertz CT molecular complexity index is 948. The van der Waals surface area contributed by atoms with Crippen molar-refractivity contribution in [2.75, 3.05) is 26.2 Å². The van der Waals surface area contributed by atoms with Crippen LogP contribution in [0, 0.1) is 5.92 Å². The molecule has 3 aliphatic rings. The van der Waals surface area contributed by atoms with Crippen LogP contribution in [0.4, 0.5) is 0 Å². The second-order valence-corrected chi connectivity index (χ2v) is 9.05. The van der Waals surface area contributed by atoms with Crippen LogP contribution in [0.5, 0.6) is 0 Å². The highest BCUT2D eigenvalue weighted by molar-refractivity contribution is 6.11. The average molecular weight is 391 g/mol. The Morgan fingerprint density at radius 1 is 0.931 bits per heavy atom. The first-order valence-corrected chi connectivity index (χ1v) is 11.2. The number of ketones is 1. The molecule has 0 saturated carbocycles. The minimum atomic E-state index is 0.0908. The van der Waals surface area contributed by atoms with Crippen molar-refractivity contribution in [3.05, 3.63) is 47.0 Å². The lowest BCUT2D eigenvalue weighted by molar-refractivity contribution is -0.130. The van der Waals surface area contributed by atoms with Crippen LogP contribution in [0.25, 0.3) is 10.8 Å². The van der Waals surface area contributed by atoms with Crippen molar-refractivity contribution in [2.45, 2.75) is 51.5 Å². The van der Waals surface area contributed by atoms with E-state index in [0.717, 1.165) is 75.7 Å². The maximum absolute atomic E-state index is 13.5. The molecule has 4 heteroatoms. The molecular weight excluding hydrogens is 360 g/mol. The van der Waals surface area contributed by atoms with Crippen molar-refractivity contribution >= 4 is 22.5 Å². The summed E-state index contributed by atoms with van der Waals surface area (Å²) in [5, 5.41) is 2.50. The van der Waals surface area contributed by atoms with Crippen LogP contribution in [0.3, 0.4) is 0 Å². The Morgan fingerprint density at radius 3 is 2.45 bits per heavy atom. The Morgan fingerprint density at radius 2 is 1.69 bits per heavy atom. The molecule has 2 aliphatic heterocycles. The van der Waals surface area contributed by atoms with Gasteiger partial charge in [0.25, 0.3) is 0 Å². The molecule has 0 spiro atoms. The van der Waals surface area contributed by atoms with E-state index in [0.29, 0.717) is 11.8 Å². The molecule has 2 heterocycles. The number of carbonyl (C=O) groups excluding carboxylic acids is 2. The fourth-order valence-electron chi connectivity index (χ4n) is 5.78. The Kier molecular flexibility index (Phi) is 4.91. The summed E-state index contributed by atoms with van der Waals surface area (Å²) in [6, 6.07) is 11.2. The number of hydrogen-bond donors (Lipinski definition) is 0. The van der Waals surface area contributed by atoms with Gasteiger partial charge >= 0.3 is 0 Å². The van der Waals surface area contributed by atoms with Gasteiger partial charge in [0.15, 0.2) is 5.78 Å². The molecule has 1 atom stereocenters. The number of amides is 1. The summed E-state index contributed by atoms with van der Waals surface area (Å²) < 4.78 is 0. The summed E-state index contributed by atoms with van der Waals surface area (Å²) in [5.41, 5.74) is 3.72. The van der Waals surface area contributed by atoms with Gasteiger partial charge in [-0.05, 0) is 67.0 Å². The second kappa shape index (κ2) is 7.56. The van der Waals surface area contributed by atoms with E-state index in [1.54, 1.807) is 6.92 Å². The lowest BCUT2D eigenvalue weighted by atomic mass is 9.86. The van der Waals surface area contributed by atoms with Crippen molar-refractivity contribution in [1.29, 1.82) is 0 Å². The number of rotatable bonds is 3. The summed E-state index contributed by atoms with van der Waals surface area (Å²) in [6.45, 7) is 5.31. The Hall–Kier alpha value is -2.20. The van der Waals surface area contributed by atoms with E-state index in [1.807, 2.05) is 4.90 Å². The molecule has 0 unspecified atom stereocenters. The van der Waals surface area contributed by atoms with Crippen LogP contribution in [0.2, 0.25) is 0 Å². The van der Waals surface area contributed by atoms with E-state index in [-0.39, 0.29) is 11.8 Å². The molecule has 1 amide bonds. The zero-order chi connectivity index (χ0) is 20.0. The monoisotopic (exact) mass is 390 g/mol. The normalized spacial score (nSPS) is 22.9. The zero-order valence-corrected chi connectivity index (χ0v) is 17.3. The van der Waals surface area contributed by atoms with E-state index in [1.165, 1.54) is 16.5 Å². The average Bonchev–Trinajstić information content (AvgIpc) is 3.19. The molecule has 0 aromatic heterocycles. The standard InChI is InChI=1S/C25H30N2O2/c1-17(28)26-14-11-21(12-15-26)27-13-3-5-20(16-27)25(29)23-10-9-19-8-7-18-4-2-6-22(23)24(18)19/h2,4,6,9-10,20-21H,3,5,7-8,11-16H2,1H3/t20-/m0/s1. The molecule has 152 valence electrons. The molecule has 5 rings (SSSR count). The quantitative estimate of drug-likeness (QED) is 0.748. The van der Waals surface area contributed by atoms with Crippen molar-refractivity contribution in [1.82, 2.24) is 9.80 Å². The first-order chi connectivity index (χ1) is 14.1.